The van der Waals surface area contributed by atoms with Crippen LogP contribution in [0.2, 0.25) is 5.02 Å². The second-order valence-electron chi connectivity index (χ2n) is 6.68. The van der Waals surface area contributed by atoms with Crippen molar-refractivity contribution in [3.8, 4) is 5.75 Å². The summed E-state index contributed by atoms with van der Waals surface area (Å²) in [5.74, 6) is 0.108. The fourth-order valence-electron chi connectivity index (χ4n) is 3.45. The van der Waals surface area contributed by atoms with Crippen LogP contribution < -0.4 is 15.0 Å². The highest BCUT2D eigenvalue weighted by Gasteiger charge is 2.25. The van der Waals surface area contributed by atoms with Crippen molar-refractivity contribution in [3.05, 3.63) is 74.9 Å². The molecule has 0 radical (unpaired) electrons. The lowest BCUT2D eigenvalue weighted by Gasteiger charge is -2.29. The number of nitrogens with one attached hydrogen (secondary N) is 1. The molecule has 0 bridgehead atoms. The molecule has 3 aromatic rings. The number of methoxy groups -OCH3 is 1. The van der Waals surface area contributed by atoms with Gasteiger partial charge in [-0.2, -0.15) is 0 Å². The van der Waals surface area contributed by atoms with Crippen LogP contribution in [-0.4, -0.2) is 25.5 Å². The number of ether oxygens (including phenoxy) is 1. The van der Waals surface area contributed by atoms with Gasteiger partial charge in [0.15, 0.2) is 0 Å². The molecule has 0 fully saturated rings. The molecular formula is C22H19ClN2O3S. The topological polar surface area (TPSA) is 58.6 Å². The van der Waals surface area contributed by atoms with Gasteiger partial charge in [-0.1, -0.05) is 23.7 Å². The molecule has 0 atom stereocenters. The first kappa shape index (κ1) is 19.5. The third-order valence-corrected chi connectivity index (χ3v) is 5.94. The molecule has 2 amide bonds. The molecule has 148 valence electrons. The van der Waals surface area contributed by atoms with Crippen molar-refractivity contribution >= 4 is 46.1 Å². The molecule has 0 spiro atoms. The number of amides is 2. The molecule has 4 rings (SSSR count). The molecule has 0 aliphatic carbocycles. The Labute approximate surface area is 177 Å². The molecule has 1 aliphatic rings. The molecule has 1 aromatic heterocycles. The number of rotatable bonds is 4. The molecule has 7 heteroatoms. The van der Waals surface area contributed by atoms with Crippen molar-refractivity contribution in [1.29, 1.82) is 0 Å². The molecule has 0 saturated carbocycles. The quantitative estimate of drug-likeness (QED) is 0.619. The molecule has 0 saturated heterocycles. The van der Waals surface area contributed by atoms with Crippen LogP contribution in [0.1, 0.15) is 32.0 Å². The van der Waals surface area contributed by atoms with Gasteiger partial charge in [0, 0.05) is 22.9 Å². The lowest BCUT2D eigenvalue weighted by molar-refractivity contribution is 0.0987. The number of halogens is 1. The summed E-state index contributed by atoms with van der Waals surface area (Å²) in [5.41, 5.74) is 2.90. The van der Waals surface area contributed by atoms with Gasteiger partial charge in [-0.15, -0.1) is 11.3 Å². The van der Waals surface area contributed by atoms with Crippen LogP contribution in [0.5, 0.6) is 5.75 Å². The minimum Gasteiger partial charge on any atom is -0.496 e. The maximum absolute atomic E-state index is 12.9. The van der Waals surface area contributed by atoms with Gasteiger partial charge in [-0.25, -0.2) is 0 Å². The first-order chi connectivity index (χ1) is 14.1. The van der Waals surface area contributed by atoms with Crippen LogP contribution in [0, 0.1) is 0 Å². The van der Waals surface area contributed by atoms with Crippen molar-refractivity contribution in [2.24, 2.45) is 0 Å². The lowest BCUT2D eigenvalue weighted by atomic mass is 10.0. The third kappa shape index (κ3) is 3.99. The molecule has 0 unspecified atom stereocenters. The van der Waals surface area contributed by atoms with Gasteiger partial charge in [-0.3, -0.25) is 9.59 Å². The normalized spacial score (nSPS) is 13.0. The molecule has 1 aliphatic heterocycles. The van der Waals surface area contributed by atoms with E-state index in [9.17, 15) is 9.59 Å². The highest BCUT2D eigenvalue weighted by Crippen LogP contribution is 2.32. The molecule has 2 heterocycles. The Morgan fingerprint density at radius 3 is 2.79 bits per heavy atom. The maximum Gasteiger partial charge on any atom is 0.268 e. The summed E-state index contributed by atoms with van der Waals surface area (Å²) >= 11 is 7.47. The van der Waals surface area contributed by atoms with E-state index in [1.807, 2.05) is 35.7 Å². The zero-order chi connectivity index (χ0) is 20.4. The van der Waals surface area contributed by atoms with E-state index in [2.05, 4.69) is 5.32 Å². The Morgan fingerprint density at radius 1 is 1.17 bits per heavy atom. The number of hydrogen-bond donors (Lipinski definition) is 1. The zero-order valence-corrected chi connectivity index (χ0v) is 17.3. The first-order valence-corrected chi connectivity index (χ1v) is 10.5. The van der Waals surface area contributed by atoms with E-state index in [0.717, 1.165) is 24.1 Å². The number of nitrogens with zero attached hydrogens (tertiary/aromatic N) is 1. The Balaban J connectivity index is 1.62. The molecule has 5 nitrogen and oxygen atoms in total. The van der Waals surface area contributed by atoms with Crippen LogP contribution in [0.25, 0.3) is 0 Å². The summed E-state index contributed by atoms with van der Waals surface area (Å²) < 4.78 is 5.27. The summed E-state index contributed by atoms with van der Waals surface area (Å²) in [6, 6.07) is 14.3. The summed E-state index contributed by atoms with van der Waals surface area (Å²) in [4.78, 5) is 28.2. The van der Waals surface area contributed by atoms with E-state index in [1.54, 1.807) is 23.1 Å². The average molecular weight is 427 g/mol. The standard InChI is InChI=1S/C22H19ClN2O3S/c1-28-19-9-7-15(23)12-17(19)21(26)24-16-8-6-14-4-2-10-25(18(14)13-16)22(27)20-5-3-11-29-20/h3,5-9,11-13H,2,4,10H2,1H3,(H,24,26). The van der Waals surface area contributed by atoms with Gasteiger partial charge in [0.05, 0.1) is 17.6 Å². The first-order valence-electron chi connectivity index (χ1n) is 9.20. The lowest BCUT2D eigenvalue weighted by Crippen LogP contribution is -2.35. The summed E-state index contributed by atoms with van der Waals surface area (Å²) in [5, 5.41) is 5.24. The third-order valence-electron chi connectivity index (χ3n) is 4.85. The van der Waals surface area contributed by atoms with Crippen LogP contribution in [0.15, 0.2) is 53.9 Å². The Morgan fingerprint density at radius 2 is 2.03 bits per heavy atom. The van der Waals surface area contributed by atoms with E-state index >= 15 is 0 Å². The number of aryl methyl sites for hydroxylation is 1. The Bertz CT molecular complexity index is 1070. The van der Waals surface area contributed by atoms with Crippen molar-refractivity contribution in [2.45, 2.75) is 12.8 Å². The summed E-state index contributed by atoms with van der Waals surface area (Å²) in [6.07, 6.45) is 1.81. The highest BCUT2D eigenvalue weighted by molar-refractivity contribution is 7.12. The average Bonchev–Trinajstić information content (AvgIpc) is 3.27. The zero-order valence-electron chi connectivity index (χ0n) is 15.8. The number of hydrogen-bond acceptors (Lipinski definition) is 4. The minimum absolute atomic E-state index is 0.0130. The molecule has 29 heavy (non-hydrogen) atoms. The van der Waals surface area contributed by atoms with E-state index in [1.165, 1.54) is 18.4 Å². The van der Waals surface area contributed by atoms with Crippen molar-refractivity contribution in [1.82, 2.24) is 0 Å². The van der Waals surface area contributed by atoms with Crippen molar-refractivity contribution < 1.29 is 14.3 Å². The fraction of sp³-hybridized carbons (Fsp3) is 0.182. The Kier molecular flexibility index (Phi) is 5.56. The predicted octanol–water partition coefficient (Wildman–Crippen LogP) is 5.26. The maximum atomic E-state index is 12.9. The number of carbonyl (C=O) groups is 2. The van der Waals surface area contributed by atoms with Crippen LogP contribution in [-0.2, 0) is 6.42 Å². The minimum atomic E-state index is -0.323. The molecule has 1 N–H and O–H groups in total. The van der Waals surface area contributed by atoms with E-state index < -0.39 is 0 Å². The SMILES string of the molecule is COc1ccc(Cl)cc1C(=O)Nc1ccc2c(c1)N(C(=O)c1cccs1)CCC2. The summed E-state index contributed by atoms with van der Waals surface area (Å²) in [6.45, 7) is 0.656. The predicted molar refractivity (Wildman–Crippen MR) is 117 cm³/mol. The van der Waals surface area contributed by atoms with Gasteiger partial charge in [0.1, 0.15) is 5.75 Å². The number of carbonyl (C=O) groups excluding carboxylic acids is 2. The monoisotopic (exact) mass is 426 g/mol. The van der Waals surface area contributed by atoms with Crippen LogP contribution >= 0.6 is 22.9 Å². The van der Waals surface area contributed by atoms with Gasteiger partial charge >= 0.3 is 0 Å². The van der Waals surface area contributed by atoms with E-state index in [-0.39, 0.29) is 11.8 Å². The fourth-order valence-corrected chi connectivity index (χ4v) is 4.30. The number of benzene rings is 2. The smallest absolute Gasteiger partial charge is 0.268 e. The number of fused-ring (bicyclic) bond motifs is 1. The van der Waals surface area contributed by atoms with E-state index in [0.29, 0.717) is 33.4 Å². The second-order valence-corrected chi connectivity index (χ2v) is 8.06. The van der Waals surface area contributed by atoms with Crippen LogP contribution in [0.4, 0.5) is 11.4 Å². The van der Waals surface area contributed by atoms with Gasteiger partial charge in [-0.05, 0) is 60.2 Å². The molecular weight excluding hydrogens is 408 g/mol. The largest absolute Gasteiger partial charge is 0.496 e. The van der Waals surface area contributed by atoms with Gasteiger partial charge in [0.25, 0.3) is 11.8 Å². The Hall–Kier alpha value is -2.83. The van der Waals surface area contributed by atoms with Crippen molar-refractivity contribution in [3.63, 3.8) is 0 Å². The second kappa shape index (κ2) is 8.27. The van der Waals surface area contributed by atoms with Crippen LogP contribution in [0.3, 0.4) is 0 Å². The number of thiophene rings is 1. The highest BCUT2D eigenvalue weighted by atomic mass is 35.5. The summed E-state index contributed by atoms with van der Waals surface area (Å²) in [7, 11) is 1.51. The van der Waals surface area contributed by atoms with E-state index in [4.69, 9.17) is 16.3 Å². The van der Waals surface area contributed by atoms with Gasteiger partial charge in [0.2, 0.25) is 0 Å². The van der Waals surface area contributed by atoms with Gasteiger partial charge < -0.3 is 15.0 Å². The molecule has 2 aromatic carbocycles. The van der Waals surface area contributed by atoms with Crippen molar-refractivity contribution in [2.75, 3.05) is 23.9 Å². The number of anilines is 2.